The van der Waals surface area contributed by atoms with E-state index >= 15 is 0 Å². The van der Waals surface area contributed by atoms with Crippen LogP contribution in [0.4, 0.5) is 11.4 Å². The van der Waals surface area contributed by atoms with Crippen molar-refractivity contribution in [3.05, 3.63) is 69.8 Å². The van der Waals surface area contributed by atoms with Crippen molar-refractivity contribution in [3.8, 4) is 0 Å². The molecule has 40 heavy (non-hydrogen) atoms. The molecule has 2 aromatic carbocycles. The maximum Gasteiger partial charge on any atom is 0.293 e. The SMILES string of the molecule is O=C(NS(=O)(=O)c1ccc(NCC23CC4CC(CC(C4)C2)C3)c([N+](=O)[O-])c1)c1ccc(C2=CCCCCC2)cc1. The molecule has 0 radical (unpaired) electrons. The number of rotatable bonds is 8. The Morgan fingerprint density at radius 2 is 1.62 bits per heavy atom. The number of allylic oxidation sites excluding steroid dienone is 2. The Morgan fingerprint density at radius 3 is 2.27 bits per heavy atom. The summed E-state index contributed by atoms with van der Waals surface area (Å²) in [5.74, 6) is 1.53. The van der Waals surface area contributed by atoms with Crippen LogP contribution < -0.4 is 10.0 Å². The van der Waals surface area contributed by atoms with E-state index in [4.69, 9.17) is 0 Å². The van der Waals surface area contributed by atoms with Crippen LogP contribution in [-0.4, -0.2) is 25.8 Å². The fraction of sp³-hybridized carbons (Fsp3) is 0.516. The van der Waals surface area contributed by atoms with E-state index < -0.39 is 20.9 Å². The van der Waals surface area contributed by atoms with Crippen molar-refractivity contribution in [2.24, 2.45) is 23.2 Å². The van der Waals surface area contributed by atoms with Crippen LogP contribution in [0.5, 0.6) is 0 Å². The van der Waals surface area contributed by atoms with E-state index in [1.807, 2.05) is 12.1 Å². The van der Waals surface area contributed by atoms with Gasteiger partial charge in [-0.05, 0) is 123 Å². The lowest BCUT2D eigenvalue weighted by molar-refractivity contribution is -0.384. The van der Waals surface area contributed by atoms with Gasteiger partial charge < -0.3 is 5.32 Å². The van der Waals surface area contributed by atoms with Crippen LogP contribution in [0.15, 0.2) is 53.4 Å². The topological polar surface area (TPSA) is 118 Å². The number of sulfonamides is 1. The molecule has 2 N–H and O–H groups in total. The summed E-state index contributed by atoms with van der Waals surface area (Å²) in [5.41, 5.74) is 2.68. The predicted molar refractivity (Wildman–Crippen MR) is 154 cm³/mol. The summed E-state index contributed by atoms with van der Waals surface area (Å²) in [5, 5.41) is 15.2. The third-order valence-electron chi connectivity index (χ3n) is 9.58. The van der Waals surface area contributed by atoms with E-state index in [1.165, 1.54) is 49.8 Å². The fourth-order valence-corrected chi connectivity index (χ4v) is 9.11. The molecule has 212 valence electrons. The molecule has 2 aromatic rings. The van der Waals surface area contributed by atoms with Crippen LogP contribution in [0, 0.1) is 33.3 Å². The van der Waals surface area contributed by atoms with Gasteiger partial charge >= 0.3 is 0 Å². The first-order valence-corrected chi connectivity index (χ1v) is 16.1. The van der Waals surface area contributed by atoms with E-state index in [2.05, 4.69) is 16.1 Å². The number of anilines is 1. The zero-order valence-corrected chi connectivity index (χ0v) is 23.5. The number of hydrogen-bond donors (Lipinski definition) is 2. The minimum absolute atomic E-state index is 0.170. The molecule has 0 heterocycles. The Kier molecular flexibility index (Phi) is 7.19. The lowest BCUT2D eigenvalue weighted by Crippen LogP contribution is -2.49. The molecule has 0 spiro atoms. The standard InChI is InChI=1S/C31H37N3O5S/c35-30(26-9-7-25(8-10-26)24-5-3-1-2-4-6-24)33-40(38,39)27-11-12-28(29(16-27)34(36)37)32-20-31-17-21-13-22(18-31)15-23(14-21)19-31/h5,7-12,16,21-23,32H,1-4,6,13-15,17-20H2,(H,33,35). The Balaban J connectivity index is 1.15. The van der Waals surface area contributed by atoms with E-state index in [-0.39, 0.29) is 21.6 Å². The molecule has 0 aliphatic heterocycles. The molecule has 0 saturated heterocycles. The van der Waals surface area contributed by atoms with Gasteiger partial charge in [0.2, 0.25) is 0 Å². The number of amides is 1. The van der Waals surface area contributed by atoms with Gasteiger partial charge in [-0.3, -0.25) is 14.9 Å². The number of carbonyl (C=O) groups excluding carboxylic acids is 1. The Morgan fingerprint density at radius 1 is 0.950 bits per heavy atom. The normalized spacial score (nSPS) is 27.5. The molecule has 1 amide bonds. The molecule has 0 aromatic heterocycles. The molecule has 5 aliphatic rings. The van der Waals surface area contributed by atoms with Crippen LogP contribution in [0.2, 0.25) is 0 Å². The second-order valence-electron chi connectivity index (χ2n) is 12.5. The van der Waals surface area contributed by atoms with Crippen molar-refractivity contribution in [3.63, 3.8) is 0 Å². The first-order chi connectivity index (χ1) is 19.2. The average Bonchev–Trinajstić information content (AvgIpc) is 3.21. The Bertz CT molecular complexity index is 1410. The fourth-order valence-electron chi connectivity index (χ4n) is 8.12. The van der Waals surface area contributed by atoms with Crippen molar-refractivity contribution in [1.82, 2.24) is 4.72 Å². The van der Waals surface area contributed by atoms with E-state index in [0.29, 0.717) is 12.2 Å². The van der Waals surface area contributed by atoms with Gasteiger partial charge in [-0.1, -0.05) is 24.6 Å². The number of nitro benzene ring substituents is 1. The number of benzene rings is 2. The summed E-state index contributed by atoms with van der Waals surface area (Å²) in [6.45, 7) is 0.660. The van der Waals surface area contributed by atoms with Gasteiger partial charge in [-0.2, -0.15) is 0 Å². The highest BCUT2D eigenvalue weighted by Crippen LogP contribution is 2.60. The Hall–Kier alpha value is -3.20. The molecule has 0 unspecified atom stereocenters. The lowest BCUT2D eigenvalue weighted by atomic mass is 9.49. The van der Waals surface area contributed by atoms with E-state index in [0.717, 1.165) is 67.9 Å². The molecule has 0 atom stereocenters. The predicted octanol–water partition coefficient (Wildman–Crippen LogP) is 6.69. The monoisotopic (exact) mass is 563 g/mol. The molecule has 5 aliphatic carbocycles. The van der Waals surface area contributed by atoms with Crippen molar-refractivity contribution in [2.45, 2.75) is 75.5 Å². The summed E-state index contributed by atoms with van der Waals surface area (Å²) in [4.78, 5) is 23.9. The molecule has 8 nitrogen and oxygen atoms in total. The van der Waals surface area contributed by atoms with Crippen LogP contribution >= 0.6 is 0 Å². The molecule has 4 fully saturated rings. The second-order valence-corrected chi connectivity index (χ2v) is 14.2. The van der Waals surface area contributed by atoms with Crippen LogP contribution in [0.1, 0.15) is 86.6 Å². The van der Waals surface area contributed by atoms with E-state index in [1.54, 1.807) is 12.1 Å². The summed E-state index contributed by atoms with van der Waals surface area (Å²) < 4.78 is 28.2. The number of carbonyl (C=O) groups is 1. The van der Waals surface area contributed by atoms with Gasteiger partial charge in [-0.25, -0.2) is 13.1 Å². The number of hydrogen-bond acceptors (Lipinski definition) is 6. The summed E-state index contributed by atoms with van der Waals surface area (Å²) in [6.07, 6.45) is 15.2. The Labute approximate surface area is 235 Å². The van der Waals surface area contributed by atoms with Crippen LogP contribution in [-0.2, 0) is 10.0 Å². The minimum Gasteiger partial charge on any atom is -0.379 e. The van der Waals surface area contributed by atoms with E-state index in [9.17, 15) is 23.3 Å². The highest BCUT2D eigenvalue weighted by atomic mass is 32.2. The summed E-state index contributed by atoms with van der Waals surface area (Å²) in [6, 6.07) is 10.7. The minimum atomic E-state index is -4.31. The number of nitrogens with zero attached hydrogens (tertiary/aromatic N) is 1. The first-order valence-electron chi connectivity index (χ1n) is 14.6. The van der Waals surface area contributed by atoms with Gasteiger partial charge in [0, 0.05) is 18.2 Å². The van der Waals surface area contributed by atoms with Crippen LogP contribution in [0.25, 0.3) is 5.57 Å². The smallest absolute Gasteiger partial charge is 0.293 e. The van der Waals surface area contributed by atoms with Crippen molar-refractivity contribution >= 4 is 32.9 Å². The molecule has 9 heteroatoms. The molecular formula is C31H37N3O5S. The van der Waals surface area contributed by atoms with Crippen molar-refractivity contribution < 1.29 is 18.1 Å². The molecule has 7 rings (SSSR count). The quantitative estimate of drug-likeness (QED) is 0.273. The zero-order valence-electron chi connectivity index (χ0n) is 22.7. The summed E-state index contributed by atoms with van der Waals surface area (Å²) in [7, 11) is -4.31. The molecular weight excluding hydrogens is 526 g/mol. The van der Waals surface area contributed by atoms with Gasteiger partial charge in [0.1, 0.15) is 5.69 Å². The second kappa shape index (κ2) is 10.7. The molecule has 4 bridgehead atoms. The highest BCUT2D eigenvalue weighted by Gasteiger charge is 2.50. The number of nitro groups is 1. The maximum absolute atomic E-state index is 13.1. The summed E-state index contributed by atoms with van der Waals surface area (Å²) >= 11 is 0. The first kappa shape index (κ1) is 27.0. The van der Waals surface area contributed by atoms with Gasteiger partial charge in [0.25, 0.3) is 21.6 Å². The zero-order chi connectivity index (χ0) is 27.9. The van der Waals surface area contributed by atoms with Crippen molar-refractivity contribution in [2.75, 3.05) is 11.9 Å². The third-order valence-corrected chi connectivity index (χ3v) is 10.9. The van der Waals surface area contributed by atoms with Gasteiger partial charge in [-0.15, -0.1) is 0 Å². The maximum atomic E-state index is 13.1. The van der Waals surface area contributed by atoms with Gasteiger partial charge in [0.15, 0.2) is 0 Å². The average molecular weight is 564 g/mol. The lowest BCUT2D eigenvalue weighted by Gasteiger charge is -2.57. The third kappa shape index (κ3) is 5.53. The van der Waals surface area contributed by atoms with Crippen LogP contribution in [0.3, 0.4) is 0 Å². The van der Waals surface area contributed by atoms with Gasteiger partial charge in [0.05, 0.1) is 9.82 Å². The van der Waals surface area contributed by atoms with Crippen molar-refractivity contribution in [1.29, 1.82) is 0 Å². The molecule has 4 saturated carbocycles. The highest BCUT2D eigenvalue weighted by molar-refractivity contribution is 7.90. The largest absolute Gasteiger partial charge is 0.379 e. The number of nitrogens with one attached hydrogen (secondary N) is 2.